The van der Waals surface area contributed by atoms with Gasteiger partial charge in [-0.05, 0) is 75.5 Å². The van der Waals surface area contributed by atoms with Gasteiger partial charge in [0.15, 0.2) is 0 Å². The van der Waals surface area contributed by atoms with E-state index in [9.17, 15) is 14.4 Å². The smallest absolute Gasteiger partial charge is 0.258 e. The first-order valence-electron chi connectivity index (χ1n) is 13.9. The molecular formula is C30H45N5O3. The van der Waals surface area contributed by atoms with E-state index in [0.717, 1.165) is 42.5 Å². The van der Waals surface area contributed by atoms with Crippen LogP contribution >= 0.6 is 0 Å². The van der Waals surface area contributed by atoms with Crippen molar-refractivity contribution in [2.45, 2.75) is 90.4 Å². The van der Waals surface area contributed by atoms with Crippen molar-refractivity contribution in [3.05, 3.63) is 53.7 Å². The molecule has 3 rings (SSSR count). The van der Waals surface area contributed by atoms with E-state index in [1.54, 1.807) is 6.92 Å². The van der Waals surface area contributed by atoms with Crippen molar-refractivity contribution in [1.82, 2.24) is 26.0 Å². The molecule has 3 amide bonds. The Morgan fingerprint density at radius 3 is 2.47 bits per heavy atom. The molecule has 1 fully saturated rings. The van der Waals surface area contributed by atoms with Gasteiger partial charge in [-0.3, -0.25) is 19.4 Å². The quantitative estimate of drug-likeness (QED) is 0.519. The third-order valence-corrected chi connectivity index (χ3v) is 7.48. The SMILES string of the molecule is C=C1CCCC/C=C/c2cccc(c2)[C@@H](C)NC(=O)[C@@H]2CCCN(N2)C(=O)[C@H](C)NC(=O)[C@H](C(C)C)N1C. The minimum Gasteiger partial charge on any atom is -0.366 e. The fourth-order valence-corrected chi connectivity index (χ4v) is 5.17. The van der Waals surface area contributed by atoms with Crippen LogP contribution in [0.4, 0.5) is 0 Å². The number of carbonyl (C=O) groups excluding carboxylic acids is 3. The largest absolute Gasteiger partial charge is 0.366 e. The average Bonchev–Trinajstić information content (AvgIpc) is 2.89. The van der Waals surface area contributed by atoms with E-state index in [0.29, 0.717) is 19.4 Å². The molecule has 4 bridgehead atoms. The topological polar surface area (TPSA) is 93.8 Å². The minimum absolute atomic E-state index is 0.0338. The van der Waals surface area contributed by atoms with Crippen LogP contribution in [0.25, 0.3) is 6.08 Å². The van der Waals surface area contributed by atoms with Crippen molar-refractivity contribution >= 4 is 23.8 Å². The Kier molecular flexibility index (Phi) is 10.5. The zero-order valence-electron chi connectivity index (χ0n) is 23.6. The molecule has 8 heteroatoms. The van der Waals surface area contributed by atoms with Crippen LogP contribution in [0.3, 0.4) is 0 Å². The molecule has 2 aliphatic heterocycles. The number of hydrogen-bond acceptors (Lipinski definition) is 5. The lowest BCUT2D eigenvalue weighted by molar-refractivity contribution is -0.143. The van der Waals surface area contributed by atoms with Crippen LogP contribution in [0.2, 0.25) is 0 Å². The number of allylic oxidation sites excluding steroid dienone is 2. The van der Waals surface area contributed by atoms with E-state index in [1.165, 1.54) is 5.01 Å². The summed E-state index contributed by atoms with van der Waals surface area (Å²) in [5.74, 6) is -0.563. The highest BCUT2D eigenvalue weighted by Crippen LogP contribution is 2.20. The van der Waals surface area contributed by atoms with Crippen molar-refractivity contribution in [2.24, 2.45) is 5.92 Å². The first-order chi connectivity index (χ1) is 18.1. The van der Waals surface area contributed by atoms with Crippen LogP contribution in [-0.2, 0) is 14.4 Å². The molecule has 208 valence electrons. The summed E-state index contributed by atoms with van der Waals surface area (Å²) >= 11 is 0. The van der Waals surface area contributed by atoms with Crippen molar-refractivity contribution in [3.8, 4) is 0 Å². The third kappa shape index (κ3) is 7.69. The molecule has 0 aromatic heterocycles. The molecule has 1 aromatic carbocycles. The molecule has 2 aliphatic rings. The fraction of sp³-hybridized carbons (Fsp3) is 0.567. The summed E-state index contributed by atoms with van der Waals surface area (Å²) in [4.78, 5) is 41.6. The van der Waals surface area contributed by atoms with Gasteiger partial charge >= 0.3 is 0 Å². The number of hydrogen-bond donors (Lipinski definition) is 3. The number of hydrazine groups is 1. The highest BCUT2D eigenvalue weighted by atomic mass is 16.2. The van der Waals surface area contributed by atoms with Gasteiger partial charge in [0, 0.05) is 19.3 Å². The van der Waals surface area contributed by atoms with Crippen molar-refractivity contribution in [1.29, 1.82) is 0 Å². The lowest BCUT2D eigenvalue weighted by atomic mass is 10.00. The van der Waals surface area contributed by atoms with Crippen LogP contribution in [0.5, 0.6) is 0 Å². The number of nitrogens with zero attached hydrogens (tertiary/aromatic N) is 2. The highest BCUT2D eigenvalue weighted by Gasteiger charge is 2.33. The summed E-state index contributed by atoms with van der Waals surface area (Å²) < 4.78 is 0. The van der Waals surface area contributed by atoms with Crippen LogP contribution in [-0.4, -0.2) is 59.3 Å². The van der Waals surface area contributed by atoms with Crippen molar-refractivity contribution in [3.63, 3.8) is 0 Å². The maximum absolute atomic E-state index is 13.3. The van der Waals surface area contributed by atoms with Crippen molar-refractivity contribution in [2.75, 3.05) is 13.6 Å². The van der Waals surface area contributed by atoms with Crippen LogP contribution in [0.1, 0.15) is 83.4 Å². The van der Waals surface area contributed by atoms with Gasteiger partial charge in [-0.15, -0.1) is 0 Å². The van der Waals surface area contributed by atoms with Gasteiger partial charge in [0.2, 0.25) is 11.8 Å². The normalized spacial score (nSPS) is 27.7. The monoisotopic (exact) mass is 523 g/mol. The molecule has 0 spiro atoms. The molecule has 0 radical (unpaired) electrons. The predicted molar refractivity (Wildman–Crippen MR) is 152 cm³/mol. The molecule has 0 unspecified atom stereocenters. The Hall–Kier alpha value is -3.13. The molecule has 1 saturated heterocycles. The average molecular weight is 524 g/mol. The number of likely N-dealkylation sites (N-methyl/N-ethyl adjacent to an activating group) is 1. The molecule has 2 heterocycles. The maximum Gasteiger partial charge on any atom is 0.258 e. The van der Waals surface area contributed by atoms with E-state index in [1.807, 2.05) is 44.9 Å². The molecule has 1 aromatic rings. The van der Waals surface area contributed by atoms with Crippen LogP contribution in [0.15, 0.2) is 42.6 Å². The number of rotatable bonds is 1. The number of fused-ring (bicyclic) bond motifs is 4. The molecule has 8 nitrogen and oxygen atoms in total. The zero-order chi connectivity index (χ0) is 27.8. The van der Waals surface area contributed by atoms with Crippen molar-refractivity contribution < 1.29 is 14.4 Å². The van der Waals surface area contributed by atoms with Gasteiger partial charge in [-0.2, -0.15) is 0 Å². The lowest BCUT2D eigenvalue weighted by Gasteiger charge is -2.36. The number of carbonyl (C=O) groups is 3. The van der Waals surface area contributed by atoms with E-state index < -0.39 is 18.1 Å². The van der Waals surface area contributed by atoms with Gasteiger partial charge in [-0.1, -0.05) is 50.8 Å². The third-order valence-electron chi connectivity index (χ3n) is 7.48. The number of benzene rings is 1. The van der Waals surface area contributed by atoms with E-state index in [2.05, 4.69) is 46.9 Å². The van der Waals surface area contributed by atoms with Gasteiger partial charge in [0.25, 0.3) is 5.91 Å². The summed E-state index contributed by atoms with van der Waals surface area (Å²) in [7, 11) is 1.90. The summed E-state index contributed by atoms with van der Waals surface area (Å²) in [5.41, 5.74) is 6.14. The summed E-state index contributed by atoms with van der Waals surface area (Å²) in [6.45, 7) is 12.4. The van der Waals surface area contributed by atoms with E-state index in [-0.39, 0.29) is 29.7 Å². The number of nitrogens with one attached hydrogen (secondary N) is 3. The summed E-state index contributed by atoms with van der Waals surface area (Å²) in [6.07, 6.45) is 9.38. The molecule has 4 atom stereocenters. The Morgan fingerprint density at radius 1 is 1.00 bits per heavy atom. The first-order valence-corrected chi connectivity index (χ1v) is 13.9. The first kappa shape index (κ1) is 29.4. The van der Waals surface area contributed by atoms with E-state index in [4.69, 9.17) is 0 Å². The lowest BCUT2D eigenvalue weighted by Crippen LogP contribution is -2.61. The molecule has 3 N–H and O–H groups in total. The Balaban J connectivity index is 1.82. The molecular weight excluding hydrogens is 478 g/mol. The number of amides is 3. The second kappa shape index (κ2) is 13.6. The Labute approximate surface area is 227 Å². The van der Waals surface area contributed by atoms with Crippen LogP contribution < -0.4 is 16.1 Å². The second-order valence-electron chi connectivity index (χ2n) is 11.0. The highest BCUT2D eigenvalue weighted by molar-refractivity contribution is 5.90. The second-order valence-corrected chi connectivity index (χ2v) is 11.0. The van der Waals surface area contributed by atoms with Gasteiger partial charge < -0.3 is 15.5 Å². The summed E-state index contributed by atoms with van der Waals surface area (Å²) in [5, 5.41) is 7.49. The van der Waals surface area contributed by atoms with Gasteiger partial charge in [0.1, 0.15) is 18.1 Å². The summed E-state index contributed by atoms with van der Waals surface area (Å²) in [6, 6.07) is 6.34. The molecule has 38 heavy (non-hydrogen) atoms. The van der Waals surface area contributed by atoms with Gasteiger partial charge in [-0.25, -0.2) is 5.43 Å². The Bertz CT molecular complexity index is 1040. The van der Waals surface area contributed by atoms with Gasteiger partial charge in [0.05, 0.1) is 6.04 Å². The van der Waals surface area contributed by atoms with Crippen LogP contribution in [0, 0.1) is 5.92 Å². The van der Waals surface area contributed by atoms with E-state index >= 15 is 0 Å². The standard InChI is InChI=1S/C30H45N5O3/c1-20(2)27-29(37)32-23(5)30(38)35-18-12-17-26(33-35)28(36)31-22(4)25-16-11-15-24(19-25)14-10-8-7-9-13-21(3)34(27)6/h10-11,14-16,19-20,22-23,26-27,33H,3,7-9,12-13,17-18H2,1-2,4-6H3,(H,31,36)(H,32,37)/b14-10+/t22-,23+,26+,27+/m1/s1. The molecule has 0 saturated carbocycles. The minimum atomic E-state index is -0.731. The Morgan fingerprint density at radius 2 is 1.74 bits per heavy atom. The predicted octanol–water partition coefficient (Wildman–Crippen LogP) is 3.92. The maximum atomic E-state index is 13.3. The molecule has 0 aliphatic carbocycles. The fourth-order valence-electron chi connectivity index (χ4n) is 5.17. The zero-order valence-corrected chi connectivity index (χ0v) is 23.6.